The Morgan fingerprint density at radius 1 is 1.67 bits per heavy atom. The fourth-order valence-corrected chi connectivity index (χ4v) is 4.13. The lowest BCUT2D eigenvalue weighted by molar-refractivity contribution is -0.140. The number of rotatable bonds is 4. The smallest absolute Gasteiger partial charge is 0.322 e. The molecular weight excluding hydrogens is 232 g/mol. The molecule has 1 aliphatic carbocycles. The van der Waals surface area contributed by atoms with Gasteiger partial charge in [0.2, 0.25) is 0 Å². The van der Waals surface area contributed by atoms with Crippen molar-refractivity contribution in [3.05, 3.63) is 17.5 Å². The standard InChI is InChI=1S/C10H12O3S2/c1-13-10(11)9(7-4-5-7)15(12)8-3-2-6-14-8/h2-3,6-7,9H,4-5H2,1H3. The Bertz CT molecular complexity index is 368. The van der Waals surface area contributed by atoms with Crippen molar-refractivity contribution in [3.8, 4) is 0 Å². The minimum atomic E-state index is -1.24. The summed E-state index contributed by atoms with van der Waals surface area (Å²) >= 11 is 1.42. The van der Waals surface area contributed by atoms with Gasteiger partial charge in [0.05, 0.1) is 22.1 Å². The normalized spacial score (nSPS) is 19.5. The number of hydrogen-bond acceptors (Lipinski definition) is 4. The van der Waals surface area contributed by atoms with Crippen LogP contribution in [-0.4, -0.2) is 22.5 Å². The van der Waals surface area contributed by atoms with Gasteiger partial charge in [0, 0.05) is 0 Å². The van der Waals surface area contributed by atoms with Gasteiger partial charge in [-0.1, -0.05) is 6.07 Å². The molecule has 1 saturated carbocycles. The van der Waals surface area contributed by atoms with Crippen LogP contribution in [0.5, 0.6) is 0 Å². The minimum Gasteiger partial charge on any atom is -0.468 e. The van der Waals surface area contributed by atoms with Gasteiger partial charge in [-0.3, -0.25) is 9.00 Å². The number of ether oxygens (including phenoxy) is 1. The van der Waals surface area contributed by atoms with Crippen LogP contribution < -0.4 is 0 Å². The Hall–Kier alpha value is -0.680. The molecule has 2 unspecified atom stereocenters. The number of carbonyl (C=O) groups is 1. The first-order valence-electron chi connectivity index (χ1n) is 4.76. The summed E-state index contributed by atoms with van der Waals surface area (Å²) < 4.78 is 17.6. The van der Waals surface area contributed by atoms with Gasteiger partial charge in [0.25, 0.3) is 0 Å². The van der Waals surface area contributed by atoms with Crippen LogP contribution in [0.1, 0.15) is 12.8 Å². The van der Waals surface area contributed by atoms with Crippen molar-refractivity contribution in [2.75, 3.05) is 7.11 Å². The van der Waals surface area contributed by atoms with E-state index in [0.717, 1.165) is 17.1 Å². The molecule has 2 atom stereocenters. The summed E-state index contributed by atoms with van der Waals surface area (Å²) in [6.45, 7) is 0. The van der Waals surface area contributed by atoms with E-state index in [9.17, 15) is 9.00 Å². The first-order chi connectivity index (χ1) is 7.24. The van der Waals surface area contributed by atoms with Gasteiger partial charge in [-0.2, -0.15) is 0 Å². The molecule has 5 heteroatoms. The van der Waals surface area contributed by atoms with Crippen molar-refractivity contribution in [2.45, 2.75) is 22.3 Å². The van der Waals surface area contributed by atoms with E-state index < -0.39 is 16.0 Å². The molecule has 0 N–H and O–H groups in total. The topological polar surface area (TPSA) is 43.4 Å². The largest absolute Gasteiger partial charge is 0.468 e. The molecule has 2 rings (SSSR count). The maximum absolute atomic E-state index is 12.1. The van der Waals surface area contributed by atoms with Crippen LogP contribution >= 0.6 is 11.3 Å². The van der Waals surface area contributed by atoms with E-state index in [1.54, 1.807) is 6.07 Å². The quantitative estimate of drug-likeness (QED) is 0.759. The van der Waals surface area contributed by atoms with Crippen molar-refractivity contribution in [1.82, 2.24) is 0 Å². The van der Waals surface area contributed by atoms with Gasteiger partial charge in [-0.05, 0) is 30.2 Å². The summed E-state index contributed by atoms with van der Waals surface area (Å²) in [7, 11) is 0.107. The Morgan fingerprint density at radius 3 is 2.87 bits per heavy atom. The van der Waals surface area contributed by atoms with Crippen LogP contribution in [0.3, 0.4) is 0 Å². The summed E-state index contributed by atoms with van der Waals surface area (Å²) in [5.74, 6) is -0.0929. The minimum absolute atomic E-state index is 0.250. The van der Waals surface area contributed by atoms with Crippen molar-refractivity contribution in [1.29, 1.82) is 0 Å². The average molecular weight is 244 g/mol. The third-order valence-electron chi connectivity index (χ3n) is 2.41. The van der Waals surface area contributed by atoms with Crippen molar-refractivity contribution in [2.24, 2.45) is 5.92 Å². The van der Waals surface area contributed by atoms with Crippen molar-refractivity contribution in [3.63, 3.8) is 0 Å². The highest BCUT2D eigenvalue weighted by Gasteiger charge is 2.41. The summed E-state index contributed by atoms with van der Waals surface area (Å²) in [6.07, 6.45) is 1.97. The Kier molecular flexibility index (Phi) is 3.21. The molecule has 0 radical (unpaired) electrons. The number of hydrogen-bond donors (Lipinski definition) is 0. The number of methoxy groups -OCH3 is 1. The first kappa shape index (κ1) is 10.8. The summed E-state index contributed by atoms with van der Waals surface area (Å²) in [6, 6.07) is 3.65. The zero-order chi connectivity index (χ0) is 10.8. The van der Waals surface area contributed by atoms with Gasteiger partial charge in [-0.15, -0.1) is 11.3 Å². The van der Waals surface area contributed by atoms with Crippen LogP contribution in [0.4, 0.5) is 0 Å². The number of thiophene rings is 1. The predicted molar refractivity (Wildman–Crippen MR) is 59.3 cm³/mol. The lowest BCUT2D eigenvalue weighted by Gasteiger charge is -2.11. The van der Waals surface area contributed by atoms with Crippen molar-refractivity contribution < 1.29 is 13.7 Å². The molecule has 0 aromatic carbocycles. The molecule has 82 valence electrons. The molecule has 0 aliphatic heterocycles. The van der Waals surface area contributed by atoms with Crippen LogP contribution in [0.15, 0.2) is 21.7 Å². The summed E-state index contributed by atoms with van der Waals surface area (Å²) in [4.78, 5) is 11.5. The molecule has 1 aromatic heterocycles. The van der Waals surface area contributed by atoms with E-state index in [1.165, 1.54) is 18.4 Å². The van der Waals surface area contributed by atoms with Crippen LogP contribution in [-0.2, 0) is 20.3 Å². The fourth-order valence-electron chi connectivity index (χ4n) is 1.47. The molecule has 15 heavy (non-hydrogen) atoms. The van der Waals surface area contributed by atoms with Gasteiger partial charge in [0.15, 0.2) is 0 Å². The molecule has 1 heterocycles. The SMILES string of the molecule is COC(=O)C(C1CC1)S(=O)c1cccs1. The molecule has 0 bridgehead atoms. The van der Waals surface area contributed by atoms with E-state index in [4.69, 9.17) is 4.74 Å². The second-order valence-corrected chi connectivity index (χ2v) is 6.26. The zero-order valence-corrected chi connectivity index (χ0v) is 9.98. The van der Waals surface area contributed by atoms with Crippen LogP contribution in [0.25, 0.3) is 0 Å². The molecule has 3 nitrogen and oxygen atoms in total. The molecule has 0 spiro atoms. The monoisotopic (exact) mass is 244 g/mol. The lowest BCUT2D eigenvalue weighted by Crippen LogP contribution is -2.29. The van der Waals surface area contributed by atoms with Crippen LogP contribution in [0, 0.1) is 5.92 Å². The Morgan fingerprint density at radius 2 is 2.40 bits per heavy atom. The van der Waals surface area contributed by atoms with Crippen molar-refractivity contribution >= 4 is 28.1 Å². The maximum Gasteiger partial charge on any atom is 0.322 e. The third-order valence-corrected chi connectivity index (χ3v) is 5.42. The molecule has 0 amide bonds. The Balaban J connectivity index is 2.18. The third kappa shape index (κ3) is 2.29. The average Bonchev–Trinajstić information content (AvgIpc) is 2.92. The van der Waals surface area contributed by atoms with E-state index >= 15 is 0 Å². The van der Waals surface area contributed by atoms with Gasteiger partial charge in [0.1, 0.15) is 5.25 Å². The maximum atomic E-state index is 12.1. The highest BCUT2D eigenvalue weighted by atomic mass is 32.2. The second-order valence-electron chi connectivity index (χ2n) is 3.51. The van der Waals surface area contributed by atoms with E-state index in [-0.39, 0.29) is 11.9 Å². The van der Waals surface area contributed by atoms with Gasteiger partial charge < -0.3 is 4.74 Å². The number of carbonyl (C=O) groups excluding carboxylic acids is 1. The molecule has 0 saturated heterocycles. The molecular formula is C10H12O3S2. The number of esters is 1. The second kappa shape index (κ2) is 4.45. The lowest BCUT2D eigenvalue weighted by atomic mass is 10.3. The zero-order valence-electron chi connectivity index (χ0n) is 8.34. The molecule has 1 aromatic rings. The predicted octanol–water partition coefficient (Wildman–Crippen LogP) is 1.81. The van der Waals surface area contributed by atoms with Gasteiger partial charge in [-0.25, -0.2) is 0 Å². The van der Waals surface area contributed by atoms with E-state index in [2.05, 4.69) is 0 Å². The molecule has 1 aliphatic rings. The highest BCUT2D eigenvalue weighted by Crippen LogP contribution is 2.38. The van der Waals surface area contributed by atoms with Crippen LogP contribution in [0.2, 0.25) is 0 Å². The van der Waals surface area contributed by atoms with Gasteiger partial charge >= 0.3 is 5.97 Å². The summed E-state index contributed by atoms with van der Waals surface area (Å²) in [5, 5.41) is 1.41. The first-order valence-corrected chi connectivity index (χ1v) is 6.85. The Labute approximate surface area is 94.9 Å². The highest BCUT2D eigenvalue weighted by molar-refractivity contribution is 7.88. The van der Waals surface area contributed by atoms with E-state index in [1.807, 2.05) is 11.4 Å². The molecule has 1 fully saturated rings. The summed E-state index contributed by atoms with van der Waals surface area (Å²) in [5.41, 5.74) is 0. The van der Waals surface area contributed by atoms with E-state index in [0.29, 0.717) is 0 Å². The fraction of sp³-hybridized carbons (Fsp3) is 0.500.